The second-order valence-corrected chi connectivity index (χ2v) is 10.4. The summed E-state index contributed by atoms with van der Waals surface area (Å²) in [5.74, 6) is -0.302. The van der Waals surface area contributed by atoms with Crippen LogP contribution in [-0.2, 0) is 10.0 Å². The predicted molar refractivity (Wildman–Crippen MR) is 124 cm³/mol. The van der Waals surface area contributed by atoms with Crippen LogP contribution in [0.1, 0.15) is 54.4 Å². The summed E-state index contributed by atoms with van der Waals surface area (Å²) in [7, 11) is -3.66. The van der Waals surface area contributed by atoms with Gasteiger partial charge in [-0.15, -0.1) is 0 Å². The minimum absolute atomic E-state index is 0.257. The molecule has 6 nitrogen and oxygen atoms in total. The number of sulfonamides is 1. The van der Waals surface area contributed by atoms with Crippen LogP contribution < -0.4 is 10.2 Å². The van der Waals surface area contributed by atoms with Crippen molar-refractivity contribution < 1.29 is 13.2 Å². The van der Waals surface area contributed by atoms with Crippen LogP contribution in [0.3, 0.4) is 0 Å². The van der Waals surface area contributed by atoms with Crippen molar-refractivity contribution in [2.24, 2.45) is 0 Å². The zero-order chi connectivity index (χ0) is 21.8. The Balaban J connectivity index is 1.68. The maximum Gasteiger partial charge on any atom is 0.255 e. The lowest BCUT2D eigenvalue weighted by Gasteiger charge is -2.33. The molecule has 2 aromatic carbocycles. The number of nitrogens with one attached hydrogen (secondary N) is 1. The Labute approximate surface area is 185 Å². The number of hydrogen-bond acceptors (Lipinski definition) is 4. The highest BCUT2D eigenvalue weighted by atomic mass is 32.2. The quantitative estimate of drug-likeness (QED) is 0.746. The Morgan fingerprint density at radius 3 is 2.10 bits per heavy atom. The fourth-order valence-corrected chi connectivity index (χ4v) is 6.10. The lowest BCUT2D eigenvalue weighted by atomic mass is 10.1. The summed E-state index contributed by atoms with van der Waals surface area (Å²) < 4.78 is 28.8. The van der Waals surface area contributed by atoms with Gasteiger partial charge in [0, 0.05) is 37.4 Å². The van der Waals surface area contributed by atoms with Crippen LogP contribution in [0.5, 0.6) is 0 Å². The normalized spacial score (nSPS) is 18.0. The molecule has 2 saturated heterocycles. The molecule has 2 aromatic rings. The third-order valence-corrected chi connectivity index (χ3v) is 8.09. The fourth-order valence-electron chi connectivity index (χ4n) is 4.34. The van der Waals surface area contributed by atoms with E-state index in [4.69, 9.17) is 0 Å². The van der Waals surface area contributed by atoms with E-state index < -0.39 is 10.0 Å². The summed E-state index contributed by atoms with van der Waals surface area (Å²) in [4.78, 5) is 15.3. The molecule has 2 aliphatic heterocycles. The van der Waals surface area contributed by atoms with Crippen molar-refractivity contribution >= 4 is 27.3 Å². The first-order chi connectivity index (χ1) is 14.9. The molecule has 31 heavy (non-hydrogen) atoms. The van der Waals surface area contributed by atoms with E-state index >= 15 is 0 Å². The van der Waals surface area contributed by atoms with Gasteiger partial charge in [0.05, 0.1) is 5.69 Å². The first-order valence-electron chi connectivity index (χ1n) is 11.2. The van der Waals surface area contributed by atoms with Gasteiger partial charge in [-0.1, -0.05) is 24.1 Å². The Hall–Kier alpha value is -2.38. The fraction of sp³-hybridized carbons (Fsp3) is 0.458. The molecular formula is C24H31N3O3S. The van der Waals surface area contributed by atoms with Crippen molar-refractivity contribution in [3.63, 3.8) is 0 Å². The van der Waals surface area contributed by atoms with Gasteiger partial charge in [0.15, 0.2) is 0 Å². The second-order valence-electron chi connectivity index (χ2n) is 8.52. The van der Waals surface area contributed by atoms with Crippen molar-refractivity contribution in [3.05, 3.63) is 53.6 Å². The van der Waals surface area contributed by atoms with Crippen LogP contribution in [-0.4, -0.2) is 44.8 Å². The van der Waals surface area contributed by atoms with E-state index in [-0.39, 0.29) is 10.8 Å². The zero-order valence-corrected chi connectivity index (χ0v) is 19.0. The highest BCUT2D eigenvalue weighted by Gasteiger charge is 2.31. The van der Waals surface area contributed by atoms with Crippen molar-refractivity contribution in [2.45, 2.75) is 50.3 Å². The topological polar surface area (TPSA) is 69.7 Å². The van der Waals surface area contributed by atoms with Crippen molar-refractivity contribution in [1.82, 2.24) is 4.31 Å². The number of nitrogens with zero attached hydrogens (tertiary/aromatic N) is 2. The Morgan fingerprint density at radius 2 is 1.45 bits per heavy atom. The molecule has 2 aliphatic rings. The Kier molecular flexibility index (Phi) is 6.62. The van der Waals surface area contributed by atoms with E-state index in [1.807, 2.05) is 37.3 Å². The molecule has 0 aliphatic carbocycles. The molecule has 0 unspecified atom stereocenters. The number of hydrogen-bond donors (Lipinski definition) is 1. The van der Waals surface area contributed by atoms with Gasteiger partial charge in [-0.05, 0) is 69.4 Å². The van der Waals surface area contributed by atoms with Gasteiger partial charge in [-0.2, -0.15) is 4.31 Å². The third kappa shape index (κ3) is 4.93. The molecule has 0 atom stereocenters. The Morgan fingerprint density at radius 1 is 0.839 bits per heavy atom. The van der Waals surface area contributed by atoms with Crippen LogP contribution in [0, 0.1) is 6.92 Å². The largest absolute Gasteiger partial charge is 0.370 e. The van der Waals surface area contributed by atoms with Gasteiger partial charge in [-0.25, -0.2) is 8.42 Å². The molecule has 1 amide bonds. The number of aryl methyl sites for hydroxylation is 1. The molecule has 0 bridgehead atoms. The summed E-state index contributed by atoms with van der Waals surface area (Å²) >= 11 is 0. The number of amides is 1. The standard InChI is InChI=1S/C24H31N3O3S/c1-19-8-11-21(12-9-19)25-24(28)20-10-13-22(26-14-4-2-5-15-26)23(18-20)31(29,30)27-16-6-3-7-17-27/h8-13,18H,2-7,14-17H2,1H3,(H,25,28). The van der Waals surface area contributed by atoms with Crippen LogP contribution in [0.4, 0.5) is 11.4 Å². The molecule has 166 valence electrons. The average Bonchev–Trinajstić information content (AvgIpc) is 2.81. The number of piperidine rings is 2. The number of rotatable bonds is 5. The minimum atomic E-state index is -3.66. The molecule has 0 saturated carbocycles. The maximum atomic E-state index is 13.6. The summed E-state index contributed by atoms with van der Waals surface area (Å²) in [6.07, 6.45) is 6.10. The maximum absolute atomic E-state index is 13.6. The molecule has 2 heterocycles. The zero-order valence-electron chi connectivity index (χ0n) is 18.1. The summed E-state index contributed by atoms with van der Waals surface area (Å²) in [5, 5.41) is 2.88. The molecule has 4 rings (SSSR count). The lowest BCUT2D eigenvalue weighted by molar-refractivity contribution is 0.102. The van der Waals surface area contributed by atoms with Crippen LogP contribution in [0.15, 0.2) is 47.4 Å². The van der Waals surface area contributed by atoms with Gasteiger partial charge in [0.25, 0.3) is 5.91 Å². The van der Waals surface area contributed by atoms with Crippen molar-refractivity contribution in [2.75, 3.05) is 36.4 Å². The SMILES string of the molecule is Cc1ccc(NC(=O)c2ccc(N3CCCCC3)c(S(=O)(=O)N3CCCCC3)c2)cc1. The monoisotopic (exact) mass is 441 g/mol. The van der Waals surface area contributed by atoms with E-state index in [1.165, 1.54) is 6.42 Å². The smallest absolute Gasteiger partial charge is 0.255 e. The highest BCUT2D eigenvalue weighted by molar-refractivity contribution is 7.89. The van der Waals surface area contributed by atoms with Crippen LogP contribution >= 0.6 is 0 Å². The van der Waals surface area contributed by atoms with E-state index in [9.17, 15) is 13.2 Å². The highest BCUT2D eigenvalue weighted by Crippen LogP contribution is 2.32. The van der Waals surface area contributed by atoms with Crippen LogP contribution in [0.25, 0.3) is 0 Å². The van der Waals surface area contributed by atoms with E-state index in [1.54, 1.807) is 16.4 Å². The molecule has 2 fully saturated rings. The molecule has 0 aromatic heterocycles. The number of carbonyl (C=O) groups excluding carboxylic acids is 1. The minimum Gasteiger partial charge on any atom is -0.370 e. The molecule has 7 heteroatoms. The third-order valence-electron chi connectivity index (χ3n) is 6.16. The lowest BCUT2D eigenvalue weighted by Crippen LogP contribution is -2.37. The van der Waals surface area contributed by atoms with Crippen molar-refractivity contribution in [3.8, 4) is 0 Å². The van der Waals surface area contributed by atoms with Crippen molar-refractivity contribution in [1.29, 1.82) is 0 Å². The summed E-state index contributed by atoms with van der Waals surface area (Å²) in [6, 6.07) is 12.7. The number of carbonyl (C=O) groups is 1. The van der Waals surface area contributed by atoms with Gasteiger partial charge in [0.2, 0.25) is 10.0 Å². The summed E-state index contributed by atoms with van der Waals surface area (Å²) in [5.41, 5.74) is 2.88. The van der Waals surface area contributed by atoms with Gasteiger partial charge < -0.3 is 10.2 Å². The average molecular weight is 442 g/mol. The Bertz CT molecular complexity index is 1020. The van der Waals surface area contributed by atoms with Gasteiger partial charge in [0.1, 0.15) is 4.90 Å². The second kappa shape index (κ2) is 9.40. The summed E-state index contributed by atoms with van der Waals surface area (Å²) in [6.45, 7) is 4.76. The first-order valence-corrected chi connectivity index (χ1v) is 12.7. The molecule has 0 spiro atoms. The molecule has 1 N–H and O–H groups in total. The van der Waals surface area contributed by atoms with E-state index in [2.05, 4.69) is 10.2 Å². The molecule has 0 radical (unpaired) electrons. The number of anilines is 2. The first kappa shape index (κ1) is 21.8. The van der Waals surface area contributed by atoms with E-state index in [0.29, 0.717) is 24.3 Å². The van der Waals surface area contributed by atoms with Gasteiger partial charge in [-0.3, -0.25) is 4.79 Å². The van der Waals surface area contributed by atoms with E-state index in [0.717, 1.165) is 56.4 Å². The molecular weight excluding hydrogens is 410 g/mol. The predicted octanol–water partition coefficient (Wildman–Crippen LogP) is 4.41. The number of benzene rings is 2. The van der Waals surface area contributed by atoms with Gasteiger partial charge >= 0.3 is 0 Å². The van der Waals surface area contributed by atoms with Crippen LogP contribution in [0.2, 0.25) is 0 Å².